The molecule has 6 nitrogen and oxygen atoms in total. The molecule has 7 heteroatoms. The number of rotatable bonds is 6. The SMILES string of the molecule is CN1CCC(NC(=O)c2ccccc2N(Cc2ccccc2)S(C)(=O)=O)CC1. The van der Waals surface area contributed by atoms with Crippen molar-refractivity contribution in [2.75, 3.05) is 30.7 Å². The number of sulfonamides is 1. The number of carbonyl (C=O) groups excluding carboxylic acids is 1. The Balaban J connectivity index is 1.87. The van der Waals surface area contributed by atoms with Crippen molar-refractivity contribution < 1.29 is 13.2 Å². The van der Waals surface area contributed by atoms with Gasteiger partial charge in [0.1, 0.15) is 0 Å². The topological polar surface area (TPSA) is 69.7 Å². The molecule has 1 N–H and O–H groups in total. The fourth-order valence-electron chi connectivity index (χ4n) is 3.43. The van der Waals surface area contributed by atoms with Crippen LogP contribution in [0, 0.1) is 0 Å². The quantitative estimate of drug-likeness (QED) is 0.807. The third-order valence-corrected chi connectivity index (χ3v) is 6.17. The molecule has 0 bridgehead atoms. The summed E-state index contributed by atoms with van der Waals surface area (Å²) in [7, 11) is -1.50. The summed E-state index contributed by atoms with van der Waals surface area (Å²) in [6.45, 7) is 2.06. The lowest BCUT2D eigenvalue weighted by Gasteiger charge is -2.30. The van der Waals surface area contributed by atoms with Gasteiger partial charge in [-0.3, -0.25) is 9.10 Å². The van der Waals surface area contributed by atoms with Crippen LogP contribution in [-0.4, -0.2) is 51.7 Å². The van der Waals surface area contributed by atoms with Crippen LogP contribution in [0.3, 0.4) is 0 Å². The molecule has 0 saturated carbocycles. The zero-order valence-corrected chi connectivity index (χ0v) is 17.2. The first-order chi connectivity index (χ1) is 13.3. The van der Waals surface area contributed by atoms with Crippen LogP contribution in [0.15, 0.2) is 54.6 Å². The Morgan fingerprint density at radius 3 is 2.32 bits per heavy atom. The van der Waals surface area contributed by atoms with Crippen molar-refractivity contribution in [1.82, 2.24) is 10.2 Å². The van der Waals surface area contributed by atoms with Crippen LogP contribution in [0.1, 0.15) is 28.8 Å². The largest absolute Gasteiger partial charge is 0.349 e. The molecule has 1 saturated heterocycles. The van der Waals surface area contributed by atoms with Crippen LogP contribution in [0.4, 0.5) is 5.69 Å². The van der Waals surface area contributed by atoms with E-state index in [1.54, 1.807) is 24.3 Å². The predicted molar refractivity (Wildman–Crippen MR) is 112 cm³/mol. The van der Waals surface area contributed by atoms with E-state index in [1.807, 2.05) is 30.3 Å². The average molecular weight is 402 g/mol. The molecule has 1 amide bonds. The van der Waals surface area contributed by atoms with Gasteiger partial charge >= 0.3 is 0 Å². The van der Waals surface area contributed by atoms with Crippen LogP contribution in [-0.2, 0) is 16.6 Å². The predicted octanol–water partition coefficient (Wildman–Crippen LogP) is 2.48. The molecule has 0 unspecified atom stereocenters. The zero-order chi connectivity index (χ0) is 20.1. The van der Waals surface area contributed by atoms with Crippen molar-refractivity contribution in [1.29, 1.82) is 0 Å². The minimum absolute atomic E-state index is 0.109. The molecule has 1 heterocycles. The van der Waals surface area contributed by atoms with Crippen molar-refractivity contribution in [3.05, 3.63) is 65.7 Å². The first-order valence-corrected chi connectivity index (χ1v) is 11.3. The fourth-order valence-corrected chi connectivity index (χ4v) is 4.33. The minimum atomic E-state index is -3.57. The van der Waals surface area contributed by atoms with Gasteiger partial charge in [0, 0.05) is 6.04 Å². The van der Waals surface area contributed by atoms with Crippen LogP contribution in [0.25, 0.3) is 0 Å². The molecule has 0 aliphatic carbocycles. The van der Waals surface area contributed by atoms with Gasteiger partial charge in [-0.15, -0.1) is 0 Å². The summed E-state index contributed by atoms with van der Waals surface area (Å²) in [5.74, 6) is -0.230. The lowest BCUT2D eigenvalue weighted by Crippen LogP contribution is -2.43. The molecule has 1 fully saturated rings. The number of hydrogen-bond acceptors (Lipinski definition) is 4. The third-order valence-electron chi connectivity index (χ3n) is 5.04. The molecule has 0 aromatic heterocycles. The van der Waals surface area contributed by atoms with Gasteiger partial charge in [0.25, 0.3) is 5.91 Å². The molecule has 1 aliphatic heterocycles. The maximum atomic E-state index is 13.0. The Labute approximate surface area is 167 Å². The molecule has 0 spiro atoms. The number of hydrogen-bond donors (Lipinski definition) is 1. The summed E-state index contributed by atoms with van der Waals surface area (Å²) in [5, 5.41) is 3.08. The molecule has 2 aromatic carbocycles. The number of benzene rings is 2. The van der Waals surface area contributed by atoms with Crippen LogP contribution < -0.4 is 9.62 Å². The van der Waals surface area contributed by atoms with E-state index in [2.05, 4.69) is 17.3 Å². The molecular formula is C21H27N3O3S. The van der Waals surface area contributed by atoms with Gasteiger partial charge in [-0.05, 0) is 50.7 Å². The summed E-state index contributed by atoms with van der Waals surface area (Å²) >= 11 is 0. The number of piperidine rings is 1. The fraction of sp³-hybridized carbons (Fsp3) is 0.381. The number of amides is 1. The molecule has 1 aliphatic rings. The van der Waals surface area contributed by atoms with E-state index in [4.69, 9.17) is 0 Å². The summed E-state index contributed by atoms with van der Waals surface area (Å²) in [6.07, 6.45) is 2.95. The van der Waals surface area contributed by atoms with Crippen molar-refractivity contribution in [2.45, 2.75) is 25.4 Å². The van der Waals surface area contributed by atoms with E-state index in [-0.39, 0.29) is 18.5 Å². The molecule has 0 atom stereocenters. The van der Waals surface area contributed by atoms with Gasteiger partial charge in [-0.2, -0.15) is 0 Å². The molecule has 0 radical (unpaired) electrons. The van der Waals surface area contributed by atoms with Crippen LogP contribution in [0.5, 0.6) is 0 Å². The lowest BCUT2D eigenvalue weighted by atomic mass is 10.0. The first-order valence-electron chi connectivity index (χ1n) is 9.44. The number of nitrogens with zero attached hydrogens (tertiary/aromatic N) is 2. The second-order valence-electron chi connectivity index (χ2n) is 7.32. The van der Waals surface area contributed by atoms with Crippen molar-refractivity contribution >= 4 is 21.6 Å². The van der Waals surface area contributed by atoms with Gasteiger partial charge in [-0.1, -0.05) is 42.5 Å². The maximum Gasteiger partial charge on any atom is 0.253 e. The van der Waals surface area contributed by atoms with Gasteiger partial charge < -0.3 is 10.2 Å². The Kier molecular flexibility index (Phi) is 6.36. The number of para-hydroxylation sites is 1. The second kappa shape index (κ2) is 8.75. The third kappa shape index (κ3) is 5.11. The maximum absolute atomic E-state index is 13.0. The molecule has 2 aromatic rings. The zero-order valence-electron chi connectivity index (χ0n) is 16.3. The summed E-state index contributed by atoms with van der Waals surface area (Å²) in [4.78, 5) is 15.2. The van der Waals surface area contributed by atoms with Crippen molar-refractivity contribution in [3.8, 4) is 0 Å². The highest BCUT2D eigenvalue weighted by Gasteiger charge is 2.25. The summed E-state index contributed by atoms with van der Waals surface area (Å²) in [5.41, 5.74) is 1.64. The lowest BCUT2D eigenvalue weighted by molar-refractivity contribution is 0.0917. The highest BCUT2D eigenvalue weighted by molar-refractivity contribution is 7.92. The molecule has 28 heavy (non-hydrogen) atoms. The standard InChI is InChI=1S/C21H27N3O3S/c1-23-14-12-18(13-15-23)22-21(25)19-10-6-7-11-20(19)24(28(2,26)27)16-17-8-4-3-5-9-17/h3-11,18H,12-16H2,1-2H3,(H,22,25). The Bertz CT molecular complexity index is 908. The van der Waals surface area contributed by atoms with E-state index in [1.165, 1.54) is 10.6 Å². The molecule has 150 valence electrons. The minimum Gasteiger partial charge on any atom is -0.349 e. The normalized spacial score (nSPS) is 15.9. The van der Waals surface area contributed by atoms with E-state index in [9.17, 15) is 13.2 Å². The van der Waals surface area contributed by atoms with Gasteiger partial charge in [0.2, 0.25) is 10.0 Å². The molecule has 3 rings (SSSR count). The smallest absolute Gasteiger partial charge is 0.253 e. The number of anilines is 1. The molecular weight excluding hydrogens is 374 g/mol. The Hall–Kier alpha value is -2.38. The van der Waals surface area contributed by atoms with Gasteiger partial charge in [0.05, 0.1) is 24.1 Å². The number of likely N-dealkylation sites (tertiary alicyclic amines) is 1. The summed E-state index contributed by atoms with van der Waals surface area (Å²) in [6, 6.07) is 16.4. The monoisotopic (exact) mass is 401 g/mol. The Morgan fingerprint density at radius 2 is 1.68 bits per heavy atom. The van der Waals surface area contributed by atoms with Crippen LogP contribution >= 0.6 is 0 Å². The Morgan fingerprint density at radius 1 is 1.07 bits per heavy atom. The first kappa shape index (κ1) is 20.4. The number of carbonyl (C=O) groups is 1. The second-order valence-corrected chi connectivity index (χ2v) is 9.23. The van der Waals surface area contributed by atoms with Crippen LogP contribution in [0.2, 0.25) is 0 Å². The van der Waals surface area contributed by atoms with E-state index < -0.39 is 10.0 Å². The highest BCUT2D eigenvalue weighted by Crippen LogP contribution is 2.25. The van der Waals surface area contributed by atoms with Crippen molar-refractivity contribution in [2.24, 2.45) is 0 Å². The van der Waals surface area contributed by atoms with Gasteiger partial charge in [0.15, 0.2) is 0 Å². The van der Waals surface area contributed by atoms with Gasteiger partial charge in [-0.25, -0.2) is 8.42 Å². The average Bonchev–Trinajstić information content (AvgIpc) is 2.68. The summed E-state index contributed by atoms with van der Waals surface area (Å²) < 4.78 is 26.3. The number of nitrogens with one attached hydrogen (secondary N) is 1. The van der Waals surface area contributed by atoms with E-state index in [0.29, 0.717) is 11.3 Å². The van der Waals surface area contributed by atoms with E-state index in [0.717, 1.165) is 31.5 Å². The van der Waals surface area contributed by atoms with Crippen molar-refractivity contribution in [3.63, 3.8) is 0 Å². The highest BCUT2D eigenvalue weighted by atomic mass is 32.2. The van der Waals surface area contributed by atoms with E-state index >= 15 is 0 Å².